The van der Waals surface area contributed by atoms with Crippen LogP contribution in [0.5, 0.6) is 0 Å². The van der Waals surface area contributed by atoms with E-state index in [1.165, 1.54) is 18.2 Å². The fraction of sp³-hybridized carbons (Fsp3) is 0.385. The average Bonchev–Trinajstić information content (AvgIpc) is 2.37. The molecule has 1 unspecified atom stereocenters. The number of rotatable bonds is 2. The topological polar surface area (TPSA) is 56.1 Å². The third kappa shape index (κ3) is 2.49. The van der Waals surface area contributed by atoms with Crippen molar-refractivity contribution in [1.29, 1.82) is 5.26 Å². The monoisotopic (exact) mass is 247 g/mol. The minimum absolute atomic E-state index is 0.0434. The summed E-state index contributed by atoms with van der Waals surface area (Å²) in [6.07, 6.45) is 0. The van der Waals surface area contributed by atoms with Gasteiger partial charge in [0.2, 0.25) is 5.91 Å². The van der Waals surface area contributed by atoms with E-state index >= 15 is 0 Å². The highest BCUT2D eigenvalue weighted by Crippen LogP contribution is 2.15. The van der Waals surface area contributed by atoms with E-state index in [2.05, 4.69) is 5.32 Å². The van der Waals surface area contributed by atoms with E-state index in [1.807, 2.05) is 11.0 Å². The van der Waals surface area contributed by atoms with Crippen LogP contribution in [-0.4, -0.2) is 29.9 Å². The molecule has 1 aromatic rings. The molecule has 1 aliphatic rings. The molecule has 18 heavy (non-hydrogen) atoms. The van der Waals surface area contributed by atoms with Crippen molar-refractivity contribution in [2.45, 2.75) is 19.5 Å². The second-order valence-corrected chi connectivity index (χ2v) is 4.36. The summed E-state index contributed by atoms with van der Waals surface area (Å²) in [4.78, 5) is 13.4. The summed E-state index contributed by atoms with van der Waals surface area (Å²) in [5.41, 5.74) is 0.885. The van der Waals surface area contributed by atoms with Crippen molar-refractivity contribution in [2.75, 3.05) is 13.1 Å². The maximum Gasteiger partial charge on any atom is 0.237 e. The number of hydrogen-bond acceptors (Lipinski definition) is 3. The minimum Gasteiger partial charge on any atom is -0.353 e. The van der Waals surface area contributed by atoms with Crippen LogP contribution in [0.1, 0.15) is 18.1 Å². The van der Waals surface area contributed by atoms with Crippen molar-refractivity contribution in [3.8, 4) is 6.07 Å². The van der Waals surface area contributed by atoms with Crippen LogP contribution in [0.4, 0.5) is 4.39 Å². The Kier molecular flexibility index (Phi) is 3.58. The second-order valence-electron chi connectivity index (χ2n) is 4.36. The fourth-order valence-corrected chi connectivity index (χ4v) is 2.03. The highest BCUT2D eigenvalue weighted by Gasteiger charge is 2.25. The number of benzene rings is 1. The van der Waals surface area contributed by atoms with Crippen molar-refractivity contribution in [3.63, 3.8) is 0 Å². The Balaban J connectivity index is 2.18. The van der Waals surface area contributed by atoms with Gasteiger partial charge >= 0.3 is 0 Å². The molecule has 1 saturated heterocycles. The molecule has 1 atom stereocenters. The van der Waals surface area contributed by atoms with Gasteiger partial charge in [-0.3, -0.25) is 9.69 Å². The zero-order valence-electron chi connectivity index (χ0n) is 10.1. The Hall–Kier alpha value is -1.93. The number of nitrogens with zero attached hydrogens (tertiary/aromatic N) is 2. The summed E-state index contributed by atoms with van der Waals surface area (Å²) >= 11 is 0. The first-order chi connectivity index (χ1) is 8.61. The van der Waals surface area contributed by atoms with Crippen LogP contribution < -0.4 is 5.32 Å². The normalized spacial score (nSPS) is 20.3. The Morgan fingerprint density at radius 1 is 1.61 bits per heavy atom. The molecule has 1 N–H and O–H groups in total. The molecule has 0 radical (unpaired) electrons. The number of amides is 1. The maximum absolute atomic E-state index is 13.6. The molecule has 1 aromatic carbocycles. The lowest BCUT2D eigenvalue weighted by Gasteiger charge is -2.32. The smallest absolute Gasteiger partial charge is 0.237 e. The molecule has 94 valence electrons. The zero-order chi connectivity index (χ0) is 13.1. The van der Waals surface area contributed by atoms with E-state index in [0.29, 0.717) is 30.8 Å². The Morgan fingerprint density at radius 3 is 3.11 bits per heavy atom. The van der Waals surface area contributed by atoms with Gasteiger partial charge in [0.25, 0.3) is 0 Å². The Morgan fingerprint density at radius 2 is 2.39 bits per heavy atom. The average molecular weight is 247 g/mol. The van der Waals surface area contributed by atoms with E-state index in [0.717, 1.165) is 0 Å². The highest BCUT2D eigenvalue weighted by atomic mass is 19.1. The van der Waals surface area contributed by atoms with Crippen molar-refractivity contribution < 1.29 is 9.18 Å². The standard InChI is InChI=1S/C13H14FN3O/c1-9-13(18)16-4-5-17(9)8-11-6-10(7-15)2-3-12(11)14/h2-3,6,9H,4-5,8H2,1H3,(H,16,18). The van der Waals surface area contributed by atoms with Crippen LogP contribution >= 0.6 is 0 Å². The van der Waals surface area contributed by atoms with Crippen LogP contribution in [0.25, 0.3) is 0 Å². The highest BCUT2D eigenvalue weighted by molar-refractivity contribution is 5.81. The predicted molar refractivity (Wildman–Crippen MR) is 64.0 cm³/mol. The molecule has 0 bridgehead atoms. The van der Waals surface area contributed by atoms with Crippen LogP contribution in [0.2, 0.25) is 0 Å². The van der Waals surface area contributed by atoms with Gasteiger partial charge in [0.1, 0.15) is 5.82 Å². The summed E-state index contributed by atoms with van der Waals surface area (Å²) in [5.74, 6) is -0.384. The predicted octanol–water partition coefficient (Wildman–Crippen LogP) is 1.02. The van der Waals surface area contributed by atoms with Crippen molar-refractivity contribution in [3.05, 3.63) is 35.1 Å². The lowest BCUT2D eigenvalue weighted by molar-refractivity contribution is -0.128. The first kappa shape index (κ1) is 12.5. The van der Waals surface area contributed by atoms with Gasteiger partial charge < -0.3 is 5.32 Å². The second kappa shape index (κ2) is 5.15. The number of hydrogen-bond donors (Lipinski definition) is 1. The van der Waals surface area contributed by atoms with E-state index < -0.39 is 0 Å². The lowest BCUT2D eigenvalue weighted by Crippen LogP contribution is -2.53. The molecule has 1 fully saturated rings. The van der Waals surface area contributed by atoms with Crippen molar-refractivity contribution in [2.24, 2.45) is 0 Å². The first-order valence-corrected chi connectivity index (χ1v) is 5.82. The van der Waals surface area contributed by atoms with E-state index in [9.17, 15) is 9.18 Å². The van der Waals surface area contributed by atoms with Gasteiger partial charge in [-0.2, -0.15) is 5.26 Å². The third-order valence-electron chi connectivity index (χ3n) is 3.17. The van der Waals surface area contributed by atoms with Gasteiger partial charge in [0.05, 0.1) is 17.7 Å². The largest absolute Gasteiger partial charge is 0.353 e. The van der Waals surface area contributed by atoms with Crippen LogP contribution in [-0.2, 0) is 11.3 Å². The summed E-state index contributed by atoms with van der Waals surface area (Å²) < 4.78 is 13.6. The molecule has 4 nitrogen and oxygen atoms in total. The first-order valence-electron chi connectivity index (χ1n) is 5.82. The third-order valence-corrected chi connectivity index (χ3v) is 3.17. The van der Waals surface area contributed by atoms with E-state index in [4.69, 9.17) is 5.26 Å². The molecule has 0 saturated carbocycles. The molecule has 1 amide bonds. The molecule has 0 aromatic heterocycles. The minimum atomic E-state index is -0.341. The van der Waals surface area contributed by atoms with Crippen molar-refractivity contribution >= 4 is 5.91 Å². The SMILES string of the molecule is CC1C(=O)NCCN1Cc1cc(C#N)ccc1F. The number of carbonyl (C=O) groups excluding carboxylic acids is 1. The lowest BCUT2D eigenvalue weighted by atomic mass is 10.1. The summed E-state index contributed by atoms with van der Waals surface area (Å²) in [5, 5.41) is 11.6. The van der Waals surface area contributed by atoms with Crippen LogP contribution in [0.15, 0.2) is 18.2 Å². The molecule has 2 rings (SSSR count). The number of halogens is 1. The number of piperazine rings is 1. The van der Waals surface area contributed by atoms with E-state index in [1.54, 1.807) is 6.92 Å². The molecule has 0 aliphatic carbocycles. The van der Waals surface area contributed by atoms with Gasteiger partial charge in [-0.25, -0.2) is 4.39 Å². The van der Waals surface area contributed by atoms with E-state index in [-0.39, 0.29) is 17.8 Å². The molecule has 5 heteroatoms. The van der Waals surface area contributed by atoms with Gasteiger partial charge in [-0.1, -0.05) is 0 Å². The molecular formula is C13H14FN3O. The quantitative estimate of drug-likeness (QED) is 0.848. The van der Waals surface area contributed by atoms with Gasteiger partial charge in [-0.15, -0.1) is 0 Å². The molecule has 1 aliphatic heterocycles. The number of nitrogens with one attached hydrogen (secondary N) is 1. The number of nitriles is 1. The summed E-state index contributed by atoms with van der Waals surface area (Å²) in [6, 6.07) is 5.99. The molecular weight excluding hydrogens is 233 g/mol. The van der Waals surface area contributed by atoms with Gasteiger partial charge in [-0.05, 0) is 25.1 Å². The maximum atomic E-state index is 13.6. The van der Waals surface area contributed by atoms with Gasteiger partial charge in [0.15, 0.2) is 0 Å². The summed E-state index contributed by atoms with van der Waals surface area (Å²) in [7, 11) is 0. The number of carbonyl (C=O) groups is 1. The fourth-order valence-electron chi connectivity index (χ4n) is 2.03. The zero-order valence-corrected chi connectivity index (χ0v) is 10.1. The van der Waals surface area contributed by atoms with Crippen molar-refractivity contribution in [1.82, 2.24) is 10.2 Å². The Labute approximate surface area is 105 Å². The van der Waals surface area contributed by atoms with Crippen LogP contribution in [0, 0.1) is 17.1 Å². The molecule has 1 heterocycles. The molecule has 0 spiro atoms. The summed E-state index contributed by atoms with van der Waals surface area (Å²) in [6.45, 7) is 3.39. The van der Waals surface area contributed by atoms with Gasteiger partial charge in [0, 0.05) is 25.2 Å². The van der Waals surface area contributed by atoms with Crippen LogP contribution in [0.3, 0.4) is 0 Å². The Bertz CT molecular complexity index is 509.